The fraction of sp³-hybridized carbons (Fsp3) is 0.400. The maximum atomic E-state index is 12.5. The molecule has 1 unspecified atom stereocenters. The normalized spacial score (nSPS) is 21.2. The zero-order chi connectivity index (χ0) is 20.3. The molecule has 4 rings (SSSR count). The Morgan fingerprint density at radius 3 is 2.97 bits per heavy atom. The number of hydrogen-bond acceptors (Lipinski definition) is 6. The van der Waals surface area contributed by atoms with Crippen LogP contribution in [-0.4, -0.2) is 52.9 Å². The molecule has 1 atom stereocenters. The number of hydrogen-bond donors (Lipinski definition) is 3. The van der Waals surface area contributed by atoms with Gasteiger partial charge in [0.25, 0.3) is 5.91 Å². The lowest BCUT2D eigenvalue weighted by Crippen LogP contribution is -2.58. The number of nitrogens with one attached hydrogen (secondary N) is 3. The molecule has 152 valence electrons. The molecule has 0 radical (unpaired) electrons. The second-order valence-electron chi connectivity index (χ2n) is 7.31. The van der Waals surface area contributed by atoms with Crippen LogP contribution in [0.15, 0.2) is 41.1 Å². The highest BCUT2D eigenvalue weighted by Crippen LogP contribution is 2.30. The van der Waals surface area contributed by atoms with Crippen LogP contribution in [0.25, 0.3) is 0 Å². The average molecular weight is 397 g/mol. The van der Waals surface area contributed by atoms with Crippen molar-refractivity contribution in [2.24, 2.45) is 0 Å². The van der Waals surface area contributed by atoms with Gasteiger partial charge in [-0.25, -0.2) is 4.98 Å². The van der Waals surface area contributed by atoms with Crippen LogP contribution >= 0.6 is 0 Å². The lowest BCUT2D eigenvalue weighted by atomic mass is 9.97. The Hall–Kier alpha value is -3.36. The molecule has 3 amide bonds. The molecule has 4 heterocycles. The number of furan rings is 1. The van der Waals surface area contributed by atoms with Crippen LogP contribution in [-0.2, 0) is 16.0 Å². The largest absolute Gasteiger partial charge is 0.469 e. The van der Waals surface area contributed by atoms with Crippen molar-refractivity contribution in [2.45, 2.75) is 31.3 Å². The van der Waals surface area contributed by atoms with E-state index in [0.29, 0.717) is 43.7 Å². The highest BCUT2D eigenvalue weighted by atomic mass is 16.3. The first-order valence-electron chi connectivity index (χ1n) is 9.67. The van der Waals surface area contributed by atoms with E-state index in [2.05, 4.69) is 20.9 Å². The summed E-state index contributed by atoms with van der Waals surface area (Å²) in [4.78, 5) is 43.0. The summed E-state index contributed by atoms with van der Waals surface area (Å²) >= 11 is 0. The Balaban J connectivity index is 1.34. The van der Waals surface area contributed by atoms with Crippen LogP contribution in [0.3, 0.4) is 0 Å². The predicted molar refractivity (Wildman–Crippen MR) is 104 cm³/mol. The van der Waals surface area contributed by atoms with Gasteiger partial charge in [0.1, 0.15) is 17.2 Å². The molecule has 3 N–H and O–H groups in total. The first kappa shape index (κ1) is 19.0. The predicted octanol–water partition coefficient (Wildman–Crippen LogP) is 0.898. The molecule has 1 spiro atoms. The zero-order valence-corrected chi connectivity index (χ0v) is 15.9. The molecule has 0 saturated carbocycles. The summed E-state index contributed by atoms with van der Waals surface area (Å²) in [5.74, 6) is 0.793. The minimum Gasteiger partial charge on any atom is -0.469 e. The van der Waals surface area contributed by atoms with Crippen molar-refractivity contribution in [3.63, 3.8) is 0 Å². The number of carbonyl (C=O) groups excluding carboxylic acids is 3. The van der Waals surface area contributed by atoms with Crippen LogP contribution < -0.4 is 16.0 Å². The molecule has 2 aliphatic heterocycles. The molecule has 29 heavy (non-hydrogen) atoms. The van der Waals surface area contributed by atoms with Gasteiger partial charge in [0, 0.05) is 38.5 Å². The van der Waals surface area contributed by atoms with E-state index in [4.69, 9.17) is 4.42 Å². The van der Waals surface area contributed by atoms with Gasteiger partial charge in [-0.15, -0.1) is 0 Å². The van der Waals surface area contributed by atoms with Crippen LogP contribution in [0, 0.1) is 0 Å². The number of likely N-dealkylation sites (tertiary alicyclic amines) is 1. The number of fused-ring (bicyclic) bond motifs is 1. The second kappa shape index (κ2) is 7.94. The molecule has 0 aliphatic carbocycles. The van der Waals surface area contributed by atoms with Crippen LogP contribution in [0.1, 0.15) is 35.4 Å². The van der Waals surface area contributed by atoms with E-state index in [0.717, 1.165) is 5.76 Å². The third-order valence-corrected chi connectivity index (χ3v) is 5.30. The van der Waals surface area contributed by atoms with Gasteiger partial charge in [0.2, 0.25) is 11.8 Å². The van der Waals surface area contributed by atoms with Crippen molar-refractivity contribution in [1.82, 2.24) is 20.5 Å². The minimum atomic E-state index is -0.737. The molecule has 0 bridgehead atoms. The fourth-order valence-electron chi connectivity index (χ4n) is 3.71. The topological polar surface area (TPSA) is 117 Å². The van der Waals surface area contributed by atoms with Gasteiger partial charge in [-0.3, -0.25) is 14.4 Å². The minimum absolute atomic E-state index is 0.00412. The molecule has 9 nitrogen and oxygen atoms in total. The number of rotatable bonds is 5. The van der Waals surface area contributed by atoms with Crippen molar-refractivity contribution >= 4 is 23.5 Å². The van der Waals surface area contributed by atoms with E-state index in [1.54, 1.807) is 35.6 Å². The summed E-state index contributed by atoms with van der Waals surface area (Å²) in [6.45, 7) is 0.800. The summed E-state index contributed by atoms with van der Waals surface area (Å²) in [5, 5.41) is 9.10. The Morgan fingerprint density at radius 2 is 2.14 bits per heavy atom. The SMILES string of the molecule is O=C(CN1CCC2(CCC1=O)NC(=O)c1cccnc1N2)NCCc1ccco1. The summed E-state index contributed by atoms with van der Waals surface area (Å²) in [7, 11) is 0. The summed E-state index contributed by atoms with van der Waals surface area (Å²) < 4.78 is 5.23. The first-order chi connectivity index (χ1) is 14.0. The number of aromatic nitrogens is 1. The van der Waals surface area contributed by atoms with Crippen molar-refractivity contribution in [3.05, 3.63) is 48.0 Å². The van der Waals surface area contributed by atoms with E-state index in [1.807, 2.05) is 6.07 Å². The zero-order valence-electron chi connectivity index (χ0n) is 15.9. The lowest BCUT2D eigenvalue weighted by molar-refractivity contribution is -0.135. The number of pyridine rings is 1. The monoisotopic (exact) mass is 397 g/mol. The summed E-state index contributed by atoms with van der Waals surface area (Å²) in [5.41, 5.74) is -0.250. The van der Waals surface area contributed by atoms with E-state index in [-0.39, 0.29) is 30.7 Å². The van der Waals surface area contributed by atoms with E-state index >= 15 is 0 Å². The van der Waals surface area contributed by atoms with Crippen molar-refractivity contribution in [3.8, 4) is 0 Å². The lowest BCUT2D eigenvalue weighted by Gasteiger charge is -2.39. The molecule has 2 aromatic rings. The van der Waals surface area contributed by atoms with E-state index in [9.17, 15) is 14.4 Å². The fourth-order valence-corrected chi connectivity index (χ4v) is 3.71. The van der Waals surface area contributed by atoms with E-state index < -0.39 is 5.66 Å². The Kier molecular flexibility index (Phi) is 5.20. The Labute approximate surface area is 167 Å². The third-order valence-electron chi connectivity index (χ3n) is 5.30. The van der Waals surface area contributed by atoms with Gasteiger partial charge in [-0.05, 0) is 30.7 Å². The summed E-state index contributed by atoms with van der Waals surface area (Å²) in [6.07, 6.45) is 4.96. The van der Waals surface area contributed by atoms with Crippen molar-refractivity contribution in [1.29, 1.82) is 0 Å². The standard InChI is InChI=1S/C20H23N5O4/c26-16(21-10-6-14-3-2-12-29-14)13-25-11-8-20(7-5-17(25)27)23-18-15(19(28)24-20)4-1-9-22-18/h1-4,9,12H,5-8,10-11,13H2,(H,21,26)(H,22,23)(H,24,28). The molecule has 9 heteroatoms. The highest BCUT2D eigenvalue weighted by molar-refractivity contribution is 6.01. The van der Waals surface area contributed by atoms with Gasteiger partial charge in [0.15, 0.2) is 0 Å². The smallest absolute Gasteiger partial charge is 0.256 e. The average Bonchev–Trinajstić information content (AvgIpc) is 3.18. The number of anilines is 1. The van der Waals surface area contributed by atoms with Crippen LogP contribution in [0.2, 0.25) is 0 Å². The third kappa shape index (κ3) is 4.23. The molecule has 0 aromatic carbocycles. The van der Waals surface area contributed by atoms with Crippen LogP contribution in [0.4, 0.5) is 5.82 Å². The molecule has 1 saturated heterocycles. The van der Waals surface area contributed by atoms with Gasteiger partial charge in [0.05, 0.1) is 18.4 Å². The molecule has 2 aliphatic rings. The van der Waals surface area contributed by atoms with E-state index in [1.165, 1.54) is 0 Å². The molecular weight excluding hydrogens is 374 g/mol. The molecule has 1 fully saturated rings. The number of carbonyl (C=O) groups is 3. The second-order valence-corrected chi connectivity index (χ2v) is 7.31. The quantitative estimate of drug-likeness (QED) is 0.690. The maximum Gasteiger partial charge on any atom is 0.256 e. The van der Waals surface area contributed by atoms with Crippen molar-refractivity contribution < 1.29 is 18.8 Å². The van der Waals surface area contributed by atoms with Gasteiger partial charge in [-0.1, -0.05) is 0 Å². The number of nitrogens with zero attached hydrogens (tertiary/aromatic N) is 2. The maximum absolute atomic E-state index is 12.5. The Bertz CT molecular complexity index is 913. The molecule has 2 aromatic heterocycles. The Morgan fingerprint density at radius 1 is 1.24 bits per heavy atom. The van der Waals surface area contributed by atoms with Crippen molar-refractivity contribution in [2.75, 3.05) is 25.0 Å². The highest BCUT2D eigenvalue weighted by Gasteiger charge is 2.41. The number of amides is 3. The summed E-state index contributed by atoms with van der Waals surface area (Å²) in [6, 6.07) is 7.07. The first-order valence-corrected chi connectivity index (χ1v) is 9.67. The van der Waals surface area contributed by atoms with Gasteiger partial charge < -0.3 is 25.3 Å². The van der Waals surface area contributed by atoms with Crippen LogP contribution in [0.5, 0.6) is 0 Å². The van der Waals surface area contributed by atoms with Gasteiger partial charge in [-0.2, -0.15) is 0 Å². The van der Waals surface area contributed by atoms with Gasteiger partial charge >= 0.3 is 0 Å². The molecular formula is C20H23N5O4.